The van der Waals surface area contributed by atoms with Gasteiger partial charge in [0.05, 0.1) is 10.6 Å². The molecule has 0 spiro atoms. The van der Waals surface area contributed by atoms with Crippen LogP contribution >= 0.6 is 23.2 Å². The van der Waals surface area contributed by atoms with E-state index < -0.39 is 5.97 Å². The number of carbonyl (C=O) groups is 1. The maximum Gasteiger partial charge on any atom is 0.337 e. The van der Waals surface area contributed by atoms with Gasteiger partial charge >= 0.3 is 5.97 Å². The number of halogens is 2. The van der Waals surface area contributed by atoms with Gasteiger partial charge in [-0.3, -0.25) is 0 Å². The summed E-state index contributed by atoms with van der Waals surface area (Å²) in [6.45, 7) is 2.19. The molecule has 1 rings (SSSR count). The molecule has 4 heteroatoms. The minimum atomic E-state index is -1.01. The maximum absolute atomic E-state index is 11.0. The molecule has 0 aliphatic rings. The van der Waals surface area contributed by atoms with Gasteiger partial charge in [0, 0.05) is 5.02 Å². The summed E-state index contributed by atoms with van der Waals surface area (Å²) in [4.78, 5) is 11.0. The fourth-order valence-electron chi connectivity index (χ4n) is 2.07. The Balaban J connectivity index is 2.57. The van der Waals surface area contributed by atoms with Crippen molar-refractivity contribution in [1.29, 1.82) is 0 Å². The van der Waals surface area contributed by atoms with Gasteiger partial charge in [0.25, 0.3) is 0 Å². The van der Waals surface area contributed by atoms with E-state index in [0.29, 0.717) is 5.02 Å². The normalized spacial score (nSPS) is 10.7. The van der Waals surface area contributed by atoms with E-state index in [4.69, 9.17) is 28.3 Å². The molecule has 19 heavy (non-hydrogen) atoms. The number of rotatable bonds is 8. The van der Waals surface area contributed by atoms with Crippen LogP contribution in [-0.2, 0) is 6.42 Å². The van der Waals surface area contributed by atoms with E-state index >= 15 is 0 Å². The average molecular weight is 303 g/mol. The SMILES string of the molecule is CCCCCCCCc1c(Cl)ccc(C(=O)O)c1Cl. The van der Waals surface area contributed by atoms with Gasteiger partial charge in [-0.15, -0.1) is 0 Å². The predicted molar refractivity (Wildman–Crippen MR) is 80.5 cm³/mol. The zero-order valence-electron chi connectivity index (χ0n) is 11.2. The number of benzene rings is 1. The summed E-state index contributed by atoms with van der Waals surface area (Å²) in [7, 11) is 0. The van der Waals surface area contributed by atoms with E-state index in [9.17, 15) is 4.79 Å². The monoisotopic (exact) mass is 302 g/mol. The molecule has 1 N–H and O–H groups in total. The summed E-state index contributed by atoms with van der Waals surface area (Å²) >= 11 is 12.2. The van der Waals surface area contributed by atoms with Crippen molar-refractivity contribution in [2.45, 2.75) is 51.9 Å². The molecule has 0 atom stereocenters. The molecule has 0 bridgehead atoms. The summed E-state index contributed by atoms with van der Waals surface area (Å²) in [6, 6.07) is 3.07. The number of hydrogen-bond acceptors (Lipinski definition) is 1. The highest BCUT2D eigenvalue weighted by molar-refractivity contribution is 6.37. The lowest BCUT2D eigenvalue weighted by atomic mass is 10.0. The van der Waals surface area contributed by atoms with E-state index in [1.165, 1.54) is 31.7 Å². The van der Waals surface area contributed by atoms with Crippen LogP contribution in [0.3, 0.4) is 0 Å². The molecular formula is C15H20Cl2O2. The first-order valence-corrected chi connectivity index (χ1v) is 7.53. The predicted octanol–water partition coefficient (Wildman–Crippen LogP) is 5.59. The second-order valence-electron chi connectivity index (χ2n) is 4.71. The fourth-order valence-corrected chi connectivity index (χ4v) is 2.71. The Labute approximate surface area is 124 Å². The van der Waals surface area contributed by atoms with Gasteiger partial charge in [-0.1, -0.05) is 62.2 Å². The van der Waals surface area contributed by atoms with Crippen molar-refractivity contribution in [2.24, 2.45) is 0 Å². The van der Waals surface area contributed by atoms with Crippen molar-refractivity contribution in [1.82, 2.24) is 0 Å². The Bertz CT molecular complexity index is 430. The van der Waals surface area contributed by atoms with Gasteiger partial charge in [-0.25, -0.2) is 4.79 Å². The van der Waals surface area contributed by atoms with Crippen molar-refractivity contribution < 1.29 is 9.90 Å². The van der Waals surface area contributed by atoms with Crippen LogP contribution in [0, 0.1) is 0 Å². The standard InChI is InChI=1S/C15H20Cl2O2/c1-2-3-4-5-6-7-8-11-13(16)10-9-12(14(11)17)15(18)19/h9-10H,2-8H2,1H3,(H,18,19). The Morgan fingerprint density at radius 3 is 2.37 bits per heavy atom. The van der Waals surface area contributed by atoms with Crippen LogP contribution in [0.1, 0.15) is 61.4 Å². The molecule has 0 fully saturated rings. The minimum Gasteiger partial charge on any atom is -0.478 e. The lowest BCUT2D eigenvalue weighted by Crippen LogP contribution is -2.01. The Morgan fingerprint density at radius 1 is 1.11 bits per heavy atom. The Morgan fingerprint density at radius 2 is 1.74 bits per heavy atom. The number of carboxylic acids is 1. The molecule has 0 amide bonds. The molecule has 1 aromatic carbocycles. The third-order valence-corrected chi connectivity index (χ3v) is 3.98. The molecule has 0 saturated carbocycles. The first kappa shape index (κ1) is 16.3. The smallest absolute Gasteiger partial charge is 0.337 e. The first-order valence-electron chi connectivity index (χ1n) is 6.78. The molecule has 1 aromatic rings. The van der Waals surface area contributed by atoms with Gasteiger partial charge in [-0.2, -0.15) is 0 Å². The molecule has 0 aliphatic heterocycles. The van der Waals surface area contributed by atoms with Gasteiger partial charge in [0.1, 0.15) is 0 Å². The first-order chi connectivity index (χ1) is 9.07. The van der Waals surface area contributed by atoms with Crippen molar-refractivity contribution in [3.05, 3.63) is 33.3 Å². The van der Waals surface area contributed by atoms with Crippen LogP contribution in [0.4, 0.5) is 0 Å². The molecule has 0 radical (unpaired) electrons. The van der Waals surface area contributed by atoms with Crippen LogP contribution in [0.2, 0.25) is 10.0 Å². The molecule has 0 unspecified atom stereocenters. The van der Waals surface area contributed by atoms with Crippen LogP contribution in [-0.4, -0.2) is 11.1 Å². The van der Waals surface area contributed by atoms with Crippen LogP contribution in [0.25, 0.3) is 0 Å². The highest BCUT2D eigenvalue weighted by atomic mass is 35.5. The molecule has 0 aliphatic carbocycles. The second kappa shape index (κ2) is 8.44. The molecule has 2 nitrogen and oxygen atoms in total. The molecule has 106 valence electrons. The molecular weight excluding hydrogens is 283 g/mol. The summed E-state index contributed by atoms with van der Waals surface area (Å²) < 4.78 is 0. The zero-order valence-corrected chi connectivity index (χ0v) is 12.7. The van der Waals surface area contributed by atoms with E-state index in [1.54, 1.807) is 6.07 Å². The van der Waals surface area contributed by atoms with Crippen LogP contribution in [0.5, 0.6) is 0 Å². The van der Waals surface area contributed by atoms with Crippen molar-refractivity contribution in [3.8, 4) is 0 Å². The second-order valence-corrected chi connectivity index (χ2v) is 5.50. The number of unbranched alkanes of at least 4 members (excludes halogenated alkanes) is 5. The number of aromatic carboxylic acids is 1. The highest BCUT2D eigenvalue weighted by Crippen LogP contribution is 2.29. The number of carboxylic acid groups (broad SMARTS) is 1. The van der Waals surface area contributed by atoms with Crippen molar-refractivity contribution in [2.75, 3.05) is 0 Å². The van der Waals surface area contributed by atoms with Crippen molar-refractivity contribution in [3.63, 3.8) is 0 Å². The Hall–Kier alpha value is -0.730. The van der Waals surface area contributed by atoms with Gasteiger partial charge in [0.15, 0.2) is 0 Å². The van der Waals surface area contributed by atoms with Gasteiger partial charge in [0.2, 0.25) is 0 Å². The minimum absolute atomic E-state index is 0.132. The van der Waals surface area contributed by atoms with Crippen LogP contribution < -0.4 is 0 Å². The van der Waals surface area contributed by atoms with E-state index in [-0.39, 0.29) is 10.6 Å². The van der Waals surface area contributed by atoms with E-state index in [1.807, 2.05) is 0 Å². The number of hydrogen-bond donors (Lipinski definition) is 1. The van der Waals surface area contributed by atoms with E-state index in [0.717, 1.165) is 24.8 Å². The summed E-state index contributed by atoms with van der Waals surface area (Å²) in [6.07, 6.45) is 7.84. The van der Waals surface area contributed by atoms with Gasteiger partial charge < -0.3 is 5.11 Å². The van der Waals surface area contributed by atoms with Crippen LogP contribution in [0.15, 0.2) is 12.1 Å². The lowest BCUT2D eigenvalue weighted by Gasteiger charge is -2.09. The lowest BCUT2D eigenvalue weighted by molar-refractivity contribution is 0.0697. The third kappa shape index (κ3) is 5.04. The molecule has 0 heterocycles. The summed E-state index contributed by atoms with van der Waals surface area (Å²) in [5, 5.41) is 9.87. The van der Waals surface area contributed by atoms with E-state index in [2.05, 4.69) is 6.92 Å². The quantitative estimate of drug-likeness (QED) is 0.635. The highest BCUT2D eigenvalue weighted by Gasteiger charge is 2.14. The topological polar surface area (TPSA) is 37.3 Å². The van der Waals surface area contributed by atoms with Gasteiger partial charge in [-0.05, 0) is 30.5 Å². The fraction of sp³-hybridized carbons (Fsp3) is 0.533. The zero-order chi connectivity index (χ0) is 14.3. The summed E-state index contributed by atoms with van der Waals surface area (Å²) in [5.41, 5.74) is 0.894. The van der Waals surface area contributed by atoms with Crippen molar-refractivity contribution >= 4 is 29.2 Å². The Kier molecular flexibility index (Phi) is 7.25. The molecule has 0 saturated heterocycles. The average Bonchev–Trinajstić information content (AvgIpc) is 2.36. The maximum atomic E-state index is 11.0. The molecule has 0 aromatic heterocycles. The summed E-state index contributed by atoms with van der Waals surface area (Å²) in [5.74, 6) is -1.01. The third-order valence-electron chi connectivity index (χ3n) is 3.20. The largest absolute Gasteiger partial charge is 0.478 e.